The van der Waals surface area contributed by atoms with E-state index in [2.05, 4.69) is 10.6 Å². The lowest BCUT2D eigenvalue weighted by Crippen LogP contribution is -2.37. The number of hydrogen-bond acceptors (Lipinski definition) is 3. The van der Waals surface area contributed by atoms with Gasteiger partial charge in [0.05, 0.1) is 17.3 Å². The zero-order chi connectivity index (χ0) is 16.4. The summed E-state index contributed by atoms with van der Waals surface area (Å²) in [5.41, 5.74) is 1.50. The molecule has 2 fully saturated rings. The molecule has 124 valence electrons. The van der Waals surface area contributed by atoms with Crippen LogP contribution in [0, 0.1) is 5.92 Å². The predicted molar refractivity (Wildman–Crippen MR) is 91.9 cm³/mol. The normalized spacial score (nSPS) is 18.9. The number of carbonyl (C=O) groups excluding carboxylic acids is 2. The quantitative estimate of drug-likeness (QED) is 0.840. The number of halogens is 1. The minimum atomic E-state index is -0.0388. The standard InChI is InChI=1S/C17H22ClN3O2/c1-11(12-4-5-12)20-16(22)10-19-15-9-13(6-7-14(15)18)21-8-2-3-17(21)23/h6-7,9,11-12,19H,2-5,8,10H2,1H3,(H,20,22)/t11-/m0/s1. The Hall–Kier alpha value is -1.75. The second kappa shape index (κ2) is 6.79. The third kappa shape index (κ3) is 3.96. The third-order valence-electron chi connectivity index (χ3n) is 4.49. The van der Waals surface area contributed by atoms with Gasteiger partial charge in [0.1, 0.15) is 0 Å². The van der Waals surface area contributed by atoms with Crippen molar-refractivity contribution >= 4 is 34.8 Å². The molecular weight excluding hydrogens is 314 g/mol. The van der Waals surface area contributed by atoms with Crippen LogP contribution in [-0.2, 0) is 9.59 Å². The van der Waals surface area contributed by atoms with Gasteiger partial charge in [0, 0.05) is 24.7 Å². The molecule has 3 rings (SSSR count). The second-order valence-electron chi connectivity index (χ2n) is 6.36. The van der Waals surface area contributed by atoms with Crippen molar-refractivity contribution in [1.29, 1.82) is 0 Å². The molecular formula is C17H22ClN3O2. The topological polar surface area (TPSA) is 61.4 Å². The van der Waals surface area contributed by atoms with Crippen LogP contribution < -0.4 is 15.5 Å². The fourth-order valence-corrected chi connectivity index (χ4v) is 3.12. The fourth-order valence-electron chi connectivity index (χ4n) is 2.93. The Labute approximate surface area is 141 Å². The van der Waals surface area contributed by atoms with Gasteiger partial charge in [0.2, 0.25) is 11.8 Å². The minimum absolute atomic E-state index is 0.0388. The van der Waals surface area contributed by atoms with Crippen molar-refractivity contribution in [2.24, 2.45) is 5.92 Å². The van der Waals surface area contributed by atoms with E-state index in [9.17, 15) is 9.59 Å². The number of anilines is 2. The number of amides is 2. The Bertz CT molecular complexity index is 616. The smallest absolute Gasteiger partial charge is 0.239 e. The second-order valence-corrected chi connectivity index (χ2v) is 6.77. The molecule has 2 amide bonds. The highest BCUT2D eigenvalue weighted by Gasteiger charge is 2.28. The van der Waals surface area contributed by atoms with Crippen LogP contribution in [0.25, 0.3) is 0 Å². The van der Waals surface area contributed by atoms with Crippen molar-refractivity contribution in [1.82, 2.24) is 5.32 Å². The predicted octanol–water partition coefficient (Wildman–Crippen LogP) is 2.79. The first-order valence-corrected chi connectivity index (χ1v) is 8.55. The van der Waals surface area contributed by atoms with Crippen LogP contribution in [0.2, 0.25) is 5.02 Å². The van der Waals surface area contributed by atoms with E-state index < -0.39 is 0 Å². The number of benzene rings is 1. The van der Waals surface area contributed by atoms with E-state index in [4.69, 9.17) is 11.6 Å². The molecule has 5 nitrogen and oxygen atoms in total. The first-order valence-electron chi connectivity index (χ1n) is 8.18. The van der Waals surface area contributed by atoms with Crippen LogP contribution in [0.1, 0.15) is 32.6 Å². The maximum absolute atomic E-state index is 12.0. The summed E-state index contributed by atoms with van der Waals surface area (Å²) >= 11 is 6.19. The molecule has 1 saturated heterocycles. The molecule has 2 aliphatic rings. The van der Waals surface area contributed by atoms with Gasteiger partial charge in [-0.05, 0) is 50.3 Å². The van der Waals surface area contributed by atoms with Gasteiger partial charge in [-0.2, -0.15) is 0 Å². The van der Waals surface area contributed by atoms with Gasteiger partial charge in [-0.15, -0.1) is 0 Å². The van der Waals surface area contributed by atoms with Gasteiger partial charge in [0.15, 0.2) is 0 Å². The van der Waals surface area contributed by atoms with Crippen LogP contribution in [0.3, 0.4) is 0 Å². The van der Waals surface area contributed by atoms with Crippen molar-refractivity contribution in [2.75, 3.05) is 23.3 Å². The molecule has 1 aliphatic heterocycles. The number of rotatable bonds is 6. The van der Waals surface area contributed by atoms with Crippen molar-refractivity contribution in [2.45, 2.75) is 38.6 Å². The molecule has 0 aromatic heterocycles. The molecule has 0 bridgehead atoms. The molecule has 1 aliphatic carbocycles. The van der Waals surface area contributed by atoms with E-state index in [0.29, 0.717) is 23.0 Å². The lowest BCUT2D eigenvalue weighted by atomic mass is 10.2. The Morgan fingerprint density at radius 1 is 1.43 bits per heavy atom. The molecule has 1 aromatic carbocycles. The molecule has 0 unspecified atom stereocenters. The van der Waals surface area contributed by atoms with E-state index in [1.807, 2.05) is 19.1 Å². The van der Waals surface area contributed by atoms with Gasteiger partial charge < -0.3 is 15.5 Å². The first kappa shape index (κ1) is 16.1. The van der Waals surface area contributed by atoms with Crippen molar-refractivity contribution < 1.29 is 9.59 Å². The highest BCUT2D eigenvalue weighted by atomic mass is 35.5. The highest BCUT2D eigenvalue weighted by Crippen LogP contribution is 2.32. The largest absolute Gasteiger partial charge is 0.375 e. The van der Waals surface area contributed by atoms with Gasteiger partial charge in [-0.25, -0.2) is 0 Å². The summed E-state index contributed by atoms with van der Waals surface area (Å²) in [7, 11) is 0. The molecule has 1 aromatic rings. The molecule has 23 heavy (non-hydrogen) atoms. The van der Waals surface area contributed by atoms with Gasteiger partial charge in [-0.3, -0.25) is 9.59 Å². The summed E-state index contributed by atoms with van der Waals surface area (Å²) in [6.07, 6.45) is 3.87. The zero-order valence-electron chi connectivity index (χ0n) is 13.3. The molecule has 0 spiro atoms. The lowest BCUT2D eigenvalue weighted by molar-refractivity contribution is -0.120. The summed E-state index contributed by atoms with van der Waals surface area (Å²) in [5.74, 6) is 0.726. The Morgan fingerprint density at radius 3 is 2.87 bits per heavy atom. The monoisotopic (exact) mass is 335 g/mol. The van der Waals surface area contributed by atoms with Crippen LogP contribution in [-0.4, -0.2) is 30.9 Å². The lowest BCUT2D eigenvalue weighted by Gasteiger charge is -2.18. The van der Waals surface area contributed by atoms with Crippen LogP contribution in [0.4, 0.5) is 11.4 Å². The van der Waals surface area contributed by atoms with Crippen LogP contribution >= 0.6 is 11.6 Å². The summed E-state index contributed by atoms with van der Waals surface area (Å²) in [6.45, 7) is 2.95. The summed E-state index contributed by atoms with van der Waals surface area (Å²) in [4.78, 5) is 25.6. The zero-order valence-corrected chi connectivity index (χ0v) is 14.0. The van der Waals surface area contributed by atoms with Gasteiger partial charge >= 0.3 is 0 Å². The maximum atomic E-state index is 12.0. The number of nitrogens with one attached hydrogen (secondary N) is 2. The number of nitrogens with zero attached hydrogens (tertiary/aromatic N) is 1. The third-order valence-corrected chi connectivity index (χ3v) is 4.82. The molecule has 6 heteroatoms. The van der Waals surface area contributed by atoms with E-state index in [-0.39, 0.29) is 24.4 Å². The van der Waals surface area contributed by atoms with Crippen molar-refractivity contribution in [3.8, 4) is 0 Å². The SMILES string of the molecule is C[C@H](NC(=O)CNc1cc(N2CCCC2=O)ccc1Cl)C1CC1. The Balaban J connectivity index is 1.60. The summed E-state index contributed by atoms with van der Waals surface area (Å²) in [6, 6.07) is 5.67. The first-order chi connectivity index (χ1) is 11.0. The van der Waals surface area contributed by atoms with Crippen molar-refractivity contribution in [3.63, 3.8) is 0 Å². The van der Waals surface area contributed by atoms with E-state index in [1.54, 1.807) is 11.0 Å². The Morgan fingerprint density at radius 2 is 2.22 bits per heavy atom. The summed E-state index contributed by atoms with van der Waals surface area (Å²) < 4.78 is 0. The highest BCUT2D eigenvalue weighted by molar-refractivity contribution is 6.33. The van der Waals surface area contributed by atoms with Crippen LogP contribution in [0.5, 0.6) is 0 Å². The maximum Gasteiger partial charge on any atom is 0.239 e. The average Bonchev–Trinajstić information content (AvgIpc) is 3.29. The molecule has 1 atom stereocenters. The van der Waals surface area contributed by atoms with E-state index in [0.717, 1.165) is 18.7 Å². The van der Waals surface area contributed by atoms with Gasteiger partial charge in [0.25, 0.3) is 0 Å². The van der Waals surface area contributed by atoms with Gasteiger partial charge in [-0.1, -0.05) is 11.6 Å². The summed E-state index contributed by atoms with van der Waals surface area (Å²) in [5, 5.41) is 6.62. The average molecular weight is 336 g/mol. The fraction of sp³-hybridized carbons (Fsp3) is 0.529. The Kier molecular flexibility index (Phi) is 4.76. The molecule has 0 radical (unpaired) electrons. The van der Waals surface area contributed by atoms with E-state index >= 15 is 0 Å². The molecule has 1 saturated carbocycles. The number of carbonyl (C=O) groups is 2. The van der Waals surface area contributed by atoms with Crippen LogP contribution in [0.15, 0.2) is 18.2 Å². The molecule has 2 N–H and O–H groups in total. The van der Waals surface area contributed by atoms with Crippen molar-refractivity contribution in [3.05, 3.63) is 23.2 Å². The minimum Gasteiger partial charge on any atom is -0.375 e. The van der Waals surface area contributed by atoms with E-state index in [1.165, 1.54) is 12.8 Å². The molecule has 1 heterocycles. The number of hydrogen-bond donors (Lipinski definition) is 2.